The maximum absolute atomic E-state index is 13.0. The van der Waals surface area contributed by atoms with Gasteiger partial charge in [0.25, 0.3) is 0 Å². The SMILES string of the molecule is CC(O)CS[C@H]1C(O)CC(=O)[C@@H]1CCCCCC(C(=O)O)c1ccc(F)cc1. The quantitative estimate of drug-likeness (QED) is 0.483. The van der Waals surface area contributed by atoms with Gasteiger partial charge in [-0.2, -0.15) is 11.8 Å². The van der Waals surface area contributed by atoms with Gasteiger partial charge in [-0.3, -0.25) is 9.59 Å². The van der Waals surface area contributed by atoms with Crippen molar-refractivity contribution in [3.8, 4) is 0 Å². The monoisotopic (exact) mass is 412 g/mol. The van der Waals surface area contributed by atoms with Crippen LogP contribution in [0.2, 0.25) is 0 Å². The summed E-state index contributed by atoms with van der Waals surface area (Å²) in [6.07, 6.45) is 2.44. The van der Waals surface area contributed by atoms with E-state index >= 15 is 0 Å². The first-order chi connectivity index (χ1) is 13.3. The third kappa shape index (κ3) is 6.57. The molecular weight excluding hydrogens is 383 g/mol. The van der Waals surface area contributed by atoms with Crippen LogP contribution in [0.4, 0.5) is 4.39 Å². The summed E-state index contributed by atoms with van der Waals surface area (Å²) in [5.41, 5.74) is 0.595. The van der Waals surface area contributed by atoms with Crippen molar-refractivity contribution < 1.29 is 29.3 Å². The molecule has 1 saturated carbocycles. The molecule has 5 atom stereocenters. The number of rotatable bonds is 11. The highest BCUT2D eigenvalue weighted by molar-refractivity contribution is 8.00. The zero-order valence-corrected chi connectivity index (χ0v) is 16.9. The van der Waals surface area contributed by atoms with Gasteiger partial charge in [0, 0.05) is 23.3 Å². The van der Waals surface area contributed by atoms with Gasteiger partial charge in [-0.15, -0.1) is 0 Å². The Morgan fingerprint density at radius 1 is 1.25 bits per heavy atom. The predicted octanol–water partition coefficient (Wildman–Crippen LogP) is 3.38. The average molecular weight is 413 g/mol. The van der Waals surface area contributed by atoms with Crippen LogP contribution in [0.1, 0.15) is 56.9 Å². The number of ketones is 1. The summed E-state index contributed by atoms with van der Waals surface area (Å²) in [4.78, 5) is 23.7. The lowest BCUT2D eigenvalue weighted by Gasteiger charge is -2.21. The molecule has 0 radical (unpaired) electrons. The molecule has 0 amide bonds. The summed E-state index contributed by atoms with van der Waals surface area (Å²) in [6, 6.07) is 5.56. The molecular formula is C21H29FO5S. The molecule has 1 aromatic rings. The first-order valence-corrected chi connectivity index (χ1v) is 10.8. The van der Waals surface area contributed by atoms with Gasteiger partial charge in [0.1, 0.15) is 11.6 Å². The summed E-state index contributed by atoms with van der Waals surface area (Å²) in [6.45, 7) is 1.69. The summed E-state index contributed by atoms with van der Waals surface area (Å²) in [7, 11) is 0. The van der Waals surface area contributed by atoms with Crippen LogP contribution in [-0.2, 0) is 9.59 Å². The minimum absolute atomic E-state index is 0.0744. The molecule has 1 aliphatic rings. The minimum atomic E-state index is -0.921. The number of halogens is 1. The topological polar surface area (TPSA) is 94.8 Å². The lowest BCUT2D eigenvalue weighted by Crippen LogP contribution is -2.25. The van der Waals surface area contributed by atoms with Gasteiger partial charge in [-0.1, -0.05) is 31.4 Å². The molecule has 1 fully saturated rings. The molecule has 1 aliphatic carbocycles. The van der Waals surface area contributed by atoms with Gasteiger partial charge in [-0.05, 0) is 37.5 Å². The number of carboxylic acid groups (broad SMARTS) is 1. The molecule has 7 heteroatoms. The van der Waals surface area contributed by atoms with Crippen LogP contribution in [0.15, 0.2) is 24.3 Å². The third-order valence-corrected chi connectivity index (χ3v) is 6.91. The second-order valence-corrected chi connectivity index (χ2v) is 8.78. The fourth-order valence-corrected chi connectivity index (χ4v) is 5.08. The molecule has 0 spiro atoms. The Morgan fingerprint density at radius 3 is 2.54 bits per heavy atom. The van der Waals surface area contributed by atoms with E-state index in [4.69, 9.17) is 0 Å². The van der Waals surface area contributed by atoms with Gasteiger partial charge >= 0.3 is 5.97 Å². The lowest BCUT2D eigenvalue weighted by molar-refractivity contribution is -0.139. The van der Waals surface area contributed by atoms with Gasteiger partial charge in [0.05, 0.1) is 18.1 Å². The average Bonchev–Trinajstić information content (AvgIpc) is 2.90. The van der Waals surface area contributed by atoms with Crippen molar-refractivity contribution >= 4 is 23.5 Å². The highest BCUT2D eigenvalue weighted by Gasteiger charge is 2.41. The minimum Gasteiger partial charge on any atom is -0.481 e. The van der Waals surface area contributed by atoms with Gasteiger partial charge < -0.3 is 15.3 Å². The van der Waals surface area contributed by atoms with Crippen molar-refractivity contribution in [1.82, 2.24) is 0 Å². The first-order valence-electron chi connectivity index (χ1n) is 9.78. The molecule has 0 saturated heterocycles. The number of hydrogen-bond donors (Lipinski definition) is 3. The van der Waals surface area contributed by atoms with Crippen molar-refractivity contribution in [2.45, 2.75) is 68.8 Å². The standard InChI is InChI=1S/C21H29FO5S/c1-13(23)12-28-20-17(18(24)11-19(20)25)6-4-2-3-5-16(21(26)27)14-7-9-15(22)10-8-14/h7-10,13,16-17,19-20,23,25H,2-6,11-12H2,1H3,(H,26,27)/t13?,16?,17-,19?,20+/m0/s1. The second-order valence-electron chi connectivity index (χ2n) is 7.57. The summed E-state index contributed by atoms with van der Waals surface area (Å²) < 4.78 is 13.0. The van der Waals surface area contributed by atoms with Crippen molar-refractivity contribution in [3.05, 3.63) is 35.6 Å². The van der Waals surface area contributed by atoms with E-state index in [9.17, 15) is 29.3 Å². The molecule has 0 aliphatic heterocycles. The van der Waals surface area contributed by atoms with Gasteiger partial charge in [0.2, 0.25) is 0 Å². The van der Waals surface area contributed by atoms with E-state index in [1.165, 1.54) is 36.0 Å². The fraction of sp³-hybridized carbons (Fsp3) is 0.619. The summed E-state index contributed by atoms with van der Waals surface area (Å²) in [5.74, 6) is -1.61. The Bertz CT molecular complexity index is 649. The molecule has 156 valence electrons. The van der Waals surface area contributed by atoms with Gasteiger partial charge in [0.15, 0.2) is 0 Å². The molecule has 0 heterocycles. The number of carbonyl (C=O) groups is 2. The third-order valence-electron chi connectivity index (χ3n) is 5.21. The van der Waals surface area contributed by atoms with Crippen LogP contribution < -0.4 is 0 Å². The Kier molecular flexibility index (Phi) is 8.92. The van der Waals surface area contributed by atoms with Crippen molar-refractivity contribution in [2.24, 2.45) is 5.92 Å². The van der Waals surface area contributed by atoms with Gasteiger partial charge in [-0.25, -0.2) is 4.39 Å². The number of aliphatic hydroxyl groups is 2. The van der Waals surface area contributed by atoms with E-state index in [0.717, 1.165) is 12.8 Å². The molecule has 28 heavy (non-hydrogen) atoms. The first kappa shape index (κ1) is 22.8. The zero-order chi connectivity index (χ0) is 20.7. The van der Waals surface area contributed by atoms with Crippen LogP contribution in [-0.4, -0.2) is 50.3 Å². The second kappa shape index (κ2) is 10.9. The van der Waals surface area contributed by atoms with E-state index in [0.29, 0.717) is 30.6 Å². The van der Waals surface area contributed by atoms with E-state index in [-0.39, 0.29) is 29.2 Å². The zero-order valence-electron chi connectivity index (χ0n) is 16.1. The van der Waals surface area contributed by atoms with Crippen molar-refractivity contribution in [1.29, 1.82) is 0 Å². The number of benzene rings is 1. The van der Waals surface area contributed by atoms with Crippen LogP contribution in [0.25, 0.3) is 0 Å². The lowest BCUT2D eigenvalue weighted by atomic mass is 9.92. The van der Waals surface area contributed by atoms with Crippen molar-refractivity contribution in [3.63, 3.8) is 0 Å². The predicted molar refractivity (Wildman–Crippen MR) is 107 cm³/mol. The number of unbranched alkanes of at least 4 members (excludes halogenated alkanes) is 2. The number of thioether (sulfide) groups is 1. The Hall–Kier alpha value is -1.44. The molecule has 1 aromatic carbocycles. The Labute approximate surface area is 169 Å². The molecule has 3 N–H and O–H groups in total. The molecule has 0 aromatic heterocycles. The normalized spacial score (nSPS) is 24.3. The fourth-order valence-electron chi connectivity index (χ4n) is 3.75. The number of aliphatic carboxylic acids is 1. The van der Waals surface area contributed by atoms with E-state index in [1.54, 1.807) is 6.92 Å². The molecule has 3 unspecified atom stereocenters. The Morgan fingerprint density at radius 2 is 1.93 bits per heavy atom. The number of carboxylic acids is 1. The smallest absolute Gasteiger partial charge is 0.310 e. The van der Waals surface area contributed by atoms with E-state index < -0.39 is 24.1 Å². The van der Waals surface area contributed by atoms with Crippen LogP contribution in [0, 0.1) is 11.7 Å². The van der Waals surface area contributed by atoms with E-state index in [2.05, 4.69) is 0 Å². The molecule has 2 rings (SSSR count). The summed E-state index contributed by atoms with van der Waals surface area (Å²) >= 11 is 1.45. The Balaban J connectivity index is 1.79. The summed E-state index contributed by atoms with van der Waals surface area (Å²) in [5, 5.41) is 28.8. The highest BCUT2D eigenvalue weighted by atomic mass is 32.2. The number of Topliss-reactive ketones (excluding diaryl/α,β-unsaturated/α-hetero) is 1. The molecule has 5 nitrogen and oxygen atoms in total. The number of aliphatic hydroxyl groups excluding tert-OH is 2. The highest BCUT2D eigenvalue weighted by Crippen LogP contribution is 2.36. The number of carbonyl (C=O) groups excluding carboxylic acids is 1. The molecule has 0 bridgehead atoms. The largest absolute Gasteiger partial charge is 0.481 e. The maximum atomic E-state index is 13.0. The maximum Gasteiger partial charge on any atom is 0.310 e. The van der Waals surface area contributed by atoms with E-state index in [1.807, 2.05) is 0 Å². The van der Waals surface area contributed by atoms with Crippen LogP contribution in [0.5, 0.6) is 0 Å². The van der Waals surface area contributed by atoms with Crippen LogP contribution in [0.3, 0.4) is 0 Å². The van der Waals surface area contributed by atoms with Crippen molar-refractivity contribution in [2.75, 3.05) is 5.75 Å². The number of hydrogen-bond acceptors (Lipinski definition) is 5. The van der Waals surface area contributed by atoms with Crippen LogP contribution >= 0.6 is 11.8 Å².